The van der Waals surface area contributed by atoms with Gasteiger partial charge in [-0.2, -0.15) is 0 Å². The number of aryl methyl sites for hydroxylation is 2. The molecule has 3 aromatic carbocycles. The zero-order chi connectivity index (χ0) is 21.0. The van der Waals surface area contributed by atoms with Gasteiger partial charge >= 0.3 is 0 Å². The van der Waals surface area contributed by atoms with E-state index in [0.717, 1.165) is 11.1 Å². The first-order valence-corrected chi connectivity index (χ1v) is 10.4. The molecule has 0 bridgehead atoms. The molecule has 0 heterocycles. The fraction of sp³-hybridized carbons (Fsp3) is 0.136. The Bertz CT molecular complexity index is 1120. The largest absolute Gasteiger partial charge is 0.497 e. The van der Waals surface area contributed by atoms with Crippen molar-refractivity contribution < 1.29 is 17.9 Å². The monoisotopic (exact) mass is 410 g/mol. The second kappa shape index (κ2) is 8.36. The Hall–Kier alpha value is -3.32. The lowest BCUT2D eigenvalue weighted by atomic mass is 10.1. The van der Waals surface area contributed by atoms with Crippen LogP contribution in [0.5, 0.6) is 5.75 Å². The summed E-state index contributed by atoms with van der Waals surface area (Å²) in [5.74, 6) is 0.398. The maximum absolute atomic E-state index is 12.6. The molecule has 1 amide bonds. The fourth-order valence-electron chi connectivity index (χ4n) is 2.77. The number of carbonyl (C=O) groups excluding carboxylic acids is 1. The van der Waals surface area contributed by atoms with Gasteiger partial charge in [-0.05, 0) is 74.0 Å². The molecule has 7 heteroatoms. The number of carbonyl (C=O) groups is 1. The van der Waals surface area contributed by atoms with Gasteiger partial charge < -0.3 is 10.1 Å². The minimum Gasteiger partial charge on any atom is -0.497 e. The average molecular weight is 410 g/mol. The van der Waals surface area contributed by atoms with Crippen LogP contribution in [-0.2, 0) is 10.0 Å². The standard InChI is InChI=1S/C22H22N2O4S/c1-15-4-5-16(2)21(14-15)22(25)23-17-8-12-20(13-9-17)29(26,27)24-18-6-10-19(28-3)11-7-18/h4-14,24H,1-3H3,(H,23,25). The molecule has 0 aliphatic rings. The summed E-state index contributed by atoms with van der Waals surface area (Å²) in [5.41, 5.74) is 3.39. The van der Waals surface area contributed by atoms with Crippen molar-refractivity contribution in [3.63, 3.8) is 0 Å². The summed E-state index contributed by atoms with van der Waals surface area (Å²) in [7, 11) is -2.20. The highest BCUT2D eigenvalue weighted by Gasteiger charge is 2.15. The van der Waals surface area contributed by atoms with E-state index in [4.69, 9.17) is 4.74 Å². The Kier molecular flexibility index (Phi) is 5.89. The Morgan fingerprint density at radius 2 is 1.48 bits per heavy atom. The lowest BCUT2D eigenvalue weighted by Crippen LogP contribution is -2.15. The van der Waals surface area contributed by atoms with Gasteiger partial charge in [0.25, 0.3) is 15.9 Å². The number of methoxy groups -OCH3 is 1. The molecule has 3 rings (SSSR count). The number of sulfonamides is 1. The number of anilines is 2. The summed E-state index contributed by atoms with van der Waals surface area (Å²) in [6, 6.07) is 18.3. The third kappa shape index (κ3) is 4.94. The van der Waals surface area contributed by atoms with Crippen LogP contribution in [0, 0.1) is 13.8 Å². The molecule has 6 nitrogen and oxygen atoms in total. The zero-order valence-electron chi connectivity index (χ0n) is 16.4. The summed E-state index contributed by atoms with van der Waals surface area (Å²) in [6.07, 6.45) is 0. The van der Waals surface area contributed by atoms with Crippen molar-refractivity contribution in [2.75, 3.05) is 17.1 Å². The van der Waals surface area contributed by atoms with Gasteiger partial charge in [0, 0.05) is 16.9 Å². The zero-order valence-corrected chi connectivity index (χ0v) is 17.2. The lowest BCUT2D eigenvalue weighted by molar-refractivity contribution is 0.102. The molecule has 0 unspecified atom stereocenters. The van der Waals surface area contributed by atoms with Crippen LogP contribution < -0.4 is 14.8 Å². The molecule has 0 aliphatic carbocycles. The highest BCUT2D eigenvalue weighted by Crippen LogP contribution is 2.21. The van der Waals surface area contributed by atoms with Gasteiger partial charge in [-0.1, -0.05) is 17.7 Å². The molecule has 3 aromatic rings. The average Bonchev–Trinajstić information content (AvgIpc) is 2.70. The molecule has 150 valence electrons. The molecule has 0 aromatic heterocycles. The van der Waals surface area contributed by atoms with Gasteiger partial charge in [-0.3, -0.25) is 9.52 Å². The molecular weight excluding hydrogens is 388 g/mol. The number of rotatable bonds is 6. The van der Waals surface area contributed by atoms with E-state index in [2.05, 4.69) is 10.0 Å². The number of benzene rings is 3. The highest BCUT2D eigenvalue weighted by molar-refractivity contribution is 7.92. The van der Waals surface area contributed by atoms with E-state index in [1.165, 1.54) is 12.1 Å². The number of hydrogen-bond donors (Lipinski definition) is 2. The molecule has 0 atom stereocenters. The van der Waals surface area contributed by atoms with Crippen molar-refractivity contribution in [1.29, 1.82) is 0 Å². The van der Waals surface area contributed by atoms with Crippen LogP contribution in [-0.4, -0.2) is 21.4 Å². The number of hydrogen-bond acceptors (Lipinski definition) is 4. The van der Waals surface area contributed by atoms with Crippen molar-refractivity contribution in [2.24, 2.45) is 0 Å². The SMILES string of the molecule is COc1ccc(NS(=O)(=O)c2ccc(NC(=O)c3cc(C)ccc3C)cc2)cc1. The molecule has 29 heavy (non-hydrogen) atoms. The topological polar surface area (TPSA) is 84.5 Å². The van der Waals surface area contributed by atoms with E-state index >= 15 is 0 Å². The highest BCUT2D eigenvalue weighted by atomic mass is 32.2. The Labute approximate surface area is 170 Å². The molecule has 2 N–H and O–H groups in total. The summed E-state index contributed by atoms with van der Waals surface area (Å²) in [4.78, 5) is 12.6. The predicted molar refractivity (Wildman–Crippen MR) is 114 cm³/mol. The van der Waals surface area contributed by atoms with Gasteiger partial charge in [0.2, 0.25) is 0 Å². The Morgan fingerprint density at radius 3 is 2.10 bits per heavy atom. The summed E-state index contributed by atoms with van der Waals surface area (Å²) in [5, 5.41) is 2.80. The number of ether oxygens (including phenoxy) is 1. The van der Waals surface area contributed by atoms with Crippen LogP contribution in [0.25, 0.3) is 0 Å². The van der Waals surface area contributed by atoms with Crippen molar-refractivity contribution in [2.45, 2.75) is 18.7 Å². The summed E-state index contributed by atoms with van der Waals surface area (Å²) in [6.45, 7) is 3.79. The van der Waals surface area contributed by atoms with Crippen LogP contribution in [0.1, 0.15) is 21.5 Å². The second-order valence-electron chi connectivity index (χ2n) is 6.63. The van der Waals surface area contributed by atoms with E-state index in [1.54, 1.807) is 43.5 Å². The van der Waals surface area contributed by atoms with E-state index in [1.807, 2.05) is 32.0 Å². The van der Waals surface area contributed by atoms with Crippen molar-refractivity contribution in [1.82, 2.24) is 0 Å². The molecular formula is C22H22N2O4S. The molecule has 0 radical (unpaired) electrons. The molecule has 0 saturated carbocycles. The maximum atomic E-state index is 12.6. The lowest BCUT2D eigenvalue weighted by Gasteiger charge is -2.11. The van der Waals surface area contributed by atoms with Gasteiger partial charge in [0.15, 0.2) is 0 Å². The quantitative estimate of drug-likeness (QED) is 0.632. The number of amides is 1. The summed E-state index contributed by atoms with van der Waals surface area (Å²) < 4.78 is 32.7. The molecule has 0 fully saturated rings. The van der Waals surface area contributed by atoms with Crippen LogP contribution >= 0.6 is 0 Å². The van der Waals surface area contributed by atoms with Crippen LogP contribution in [0.4, 0.5) is 11.4 Å². The van der Waals surface area contributed by atoms with Crippen LogP contribution in [0.15, 0.2) is 71.6 Å². The van der Waals surface area contributed by atoms with Gasteiger partial charge in [-0.25, -0.2) is 8.42 Å². The van der Waals surface area contributed by atoms with Gasteiger partial charge in [-0.15, -0.1) is 0 Å². The smallest absolute Gasteiger partial charge is 0.261 e. The van der Waals surface area contributed by atoms with E-state index in [0.29, 0.717) is 22.7 Å². The van der Waals surface area contributed by atoms with Crippen molar-refractivity contribution in [3.05, 3.63) is 83.4 Å². The first-order chi connectivity index (χ1) is 13.8. The Balaban J connectivity index is 1.73. The van der Waals surface area contributed by atoms with Gasteiger partial charge in [0.05, 0.1) is 12.0 Å². The third-order valence-electron chi connectivity index (χ3n) is 4.40. The minimum atomic E-state index is -3.75. The third-order valence-corrected chi connectivity index (χ3v) is 5.80. The molecule has 0 spiro atoms. The molecule has 0 aliphatic heterocycles. The first-order valence-electron chi connectivity index (χ1n) is 8.94. The van der Waals surface area contributed by atoms with Crippen molar-refractivity contribution in [3.8, 4) is 5.75 Å². The van der Waals surface area contributed by atoms with Crippen LogP contribution in [0.2, 0.25) is 0 Å². The van der Waals surface area contributed by atoms with E-state index in [9.17, 15) is 13.2 Å². The van der Waals surface area contributed by atoms with E-state index in [-0.39, 0.29) is 10.8 Å². The fourth-order valence-corrected chi connectivity index (χ4v) is 3.83. The first kappa shape index (κ1) is 20.4. The summed E-state index contributed by atoms with van der Waals surface area (Å²) >= 11 is 0. The maximum Gasteiger partial charge on any atom is 0.261 e. The number of nitrogens with one attached hydrogen (secondary N) is 2. The molecule has 0 saturated heterocycles. The van der Waals surface area contributed by atoms with Crippen LogP contribution in [0.3, 0.4) is 0 Å². The van der Waals surface area contributed by atoms with E-state index < -0.39 is 10.0 Å². The second-order valence-corrected chi connectivity index (χ2v) is 8.31. The normalized spacial score (nSPS) is 11.0. The minimum absolute atomic E-state index is 0.0954. The van der Waals surface area contributed by atoms with Crippen molar-refractivity contribution >= 4 is 27.3 Å². The Morgan fingerprint density at radius 1 is 0.862 bits per heavy atom. The predicted octanol–water partition coefficient (Wildman–Crippen LogP) is 4.37. The van der Waals surface area contributed by atoms with Gasteiger partial charge in [0.1, 0.15) is 5.75 Å².